The molecule has 0 saturated carbocycles. The molecule has 0 bridgehead atoms. The van der Waals surface area contributed by atoms with Gasteiger partial charge in [-0.1, -0.05) is 71.1 Å². The Balaban J connectivity index is 3.05. The van der Waals surface area contributed by atoms with Gasteiger partial charge in [-0.2, -0.15) is 0 Å². The van der Waals surface area contributed by atoms with Crippen LogP contribution in [0.25, 0.3) is 0 Å². The molecule has 2 heteroatoms. The second-order valence-corrected chi connectivity index (χ2v) is 5.72. The molecule has 19 heavy (non-hydrogen) atoms. The maximum absolute atomic E-state index is 6.04. The molecule has 0 amide bonds. The minimum Gasteiger partial charge on any atom is -0.382 e. The molecule has 2 N–H and O–H groups in total. The van der Waals surface area contributed by atoms with Crippen LogP contribution in [0.2, 0.25) is 0 Å². The molecule has 0 rings (SSSR count). The number of nitrogens with two attached hydrogens (primary N) is 1. The van der Waals surface area contributed by atoms with Crippen LogP contribution in [0.3, 0.4) is 0 Å². The van der Waals surface area contributed by atoms with E-state index in [2.05, 4.69) is 6.92 Å². The monoisotopic (exact) mass is 271 g/mol. The fourth-order valence-electron chi connectivity index (χ4n) is 2.42. The van der Waals surface area contributed by atoms with Crippen molar-refractivity contribution in [2.45, 2.75) is 96.9 Å². The molecule has 0 aliphatic heterocycles. The zero-order chi connectivity index (χ0) is 14.2. The van der Waals surface area contributed by atoms with Crippen molar-refractivity contribution < 1.29 is 4.74 Å². The van der Waals surface area contributed by atoms with E-state index in [0.717, 1.165) is 19.6 Å². The molecule has 0 saturated heterocycles. The molecule has 0 aromatic carbocycles. The lowest BCUT2D eigenvalue weighted by Gasteiger charge is -2.11. The second kappa shape index (κ2) is 16.0. The number of unbranched alkanes of at least 4 members (excludes halogenated alkanes) is 9. The van der Waals surface area contributed by atoms with Crippen molar-refractivity contribution in [3.63, 3.8) is 0 Å². The minimum absolute atomic E-state index is 0.348. The number of ether oxygens (including phenoxy) is 1. The first kappa shape index (κ1) is 18.9. The lowest BCUT2D eigenvalue weighted by Crippen LogP contribution is -2.21. The second-order valence-electron chi connectivity index (χ2n) is 5.72. The summed E-state index contributed by atoms with van der Waals surface area (Å²) in [6.07, 6.45) is 16.2. The average Bonchev–Trinajstić information content (AvgIpc) is 2.41. The largest absolute Gasteiger partial charge is 0.382 e. The van der Waals surface area contributed by atoms with Crippen molar-refractivity contribution in [2.75, 3.05) is 13.2 Å². The van der Waals surface area contributed by atoms with E-state index in [0.29, 0.717) is 6.04 Å². The average molecular weight is 271 g/mol. The molecule has 0 aliphatic carbocycles. The predicted molar refractivity (Wildman–Crippen MR) is 85.5 cm³/mol. The highest BCUT2D eigenvalue weighted by Crippen LogP contribution is 2.12. The van der Waals surface area contributed by atoms with Gasteiger partial charge in [0.05, 0.1) is 0 Å². The summed E-state index contributed by atoms with van der Waals surface area (Å²) in [5.41, 5.74) is 6.04. The van der Waals surface area contributed by atoms with Crippen LogP contribution in [-0.4, -0.2) is 19.3 Å². The van der Waals surface area contributed by atoms with Gasteiger partial charge < -0.3 is 10.5 Å². The van der Waals surface area contributed by atoms with Crippen LogP contribution < -0.4 is 5.73 Å². The van der Waals surface area contributed by atoms with Crippen molar-refractivity contribution in [3.8, 4) is 0 Å². The zero-order valence-electron chi connectivity index (χ0n) is 13.5. The van der Waals surface area contributed by atoms with Crippen LogP contribution in [0.5, 0.6) is 0 Å². The van der Waals surface area contributed by atoms with Gasteiger partial charge in [-0.3, -0.25) is 0 Å². The topological polar surface area (TPSA) is 35.2 Å². The van der Waals surface area contributed by atoms with Crippen LogP contribution in [0.4, 0.5) is 0 Å². The molecular formula is C17H37NO. The van der Waals surface area contributed by atoms with Crippen LogP contribution in [0, 0.1) is 0 Å². The molecule has 116 valence electrons. The summed E-state index contributed by atoms with van der Waals surface area (Å²) in [7, 11) is 0. The van der Waals surface area contributed by atoms with Gasteiger partial charge in [-0.25, -0.2) is 0 Å². The molecule has 1 atom stereocenters. The molecule has 0 aromatic heterocycles. The lowest BCUT2D eigenvalue weighted by molar-refractivity contribution is 0.139. The van der Waals surface area contributed by atoms with E-state index >= 15 is 0 Å². The van der Waals surface area contributed by atoms with Crippen LogP contribution in [0.15, 0.2) is 0 Å². The molecule has 0 aliphatic rings. The SMILES string of the molecule is CCCCCCCCCCCCC(N)CCOCC. The third-order valence-corrected chi connectivity index (χ3v) is 3.77. The summed E-state index contributed by atoms with van der Waals surface area (Å²) in [6.45, 7) is 5.95. The van der Waals surface area contributed by atoms with Gasteiger partial charge in [0.1, 0.15) is 0 Å². The van der Waals surface area contributed by atoms with Gasteiger partial charge in [-0.15, -0.1) is 0 Å². The molecule has 0 fully saturated rings. The van der Waals surface area contributed by atoms with Crippen molar-refractivity contribution in [2.24, 2.45) is 5.73 Å². The Bertz CT molecular complexity index is 161. The Kier molecular flexibility index (Phi) is 15.9. The molecule has 0 heterocycles. The van der Waals surface area contributed by atoms with Gasteiger partial charge in [0.25, 0.3) is 0 Å². The van der Waals surface area contributed by atoms with E-state index in [-0.39, 0.29) is 0 Å². The highest BCUT2D eigenvalue weighted by molar-refractivity contribution is 4.61. The van der Waals surface area contributed by atoms with E-state index in [1.165, 1.54) is 70.6 Å². The van der Waals surface area contributed by atoms with E-state index < -0.39 is 0 Å². The Morgan fingerprint density at radius 1 is 0.737 bits per heavy atom. The summed E-state index contributed by atoms with van der Waals surface area (Å²) >= 11 is 0. The highest BCUT2D eigenvalue weighted by atomic mass is 16.5. The van der Waals surface area contributed by atoms with Crippen LogP contribution >= 0.6 is 0 Å². The Morgan fingerprint density at radius 3 is 1.79 bits per heavy atom. The van der Waals surface area contributed by atoms with E-state index in [4.69, 9.17) is 10.5 Å². The van der Waals surface area contributed by atoms with Gasteiger partial charge in [0.2, 0.25) is 0 Å². The minimum atomic E-state index is 0.348. The quantitative estimate of drug-likeness (QED) is 0.423. The molecule has 0 aromatic rings. The number of rotatable bonds is 15. The summed E-state index contributed by atoms with van der Waals surface area (Å²) in [6, 6.07) is 0.348. The molecule has 0 spiro atoms. The lowest BCUT2D eigenvalue weighted by atomic mass is 10.0. The summed E-state index contributed by atoms with van der Waals surface area (Å²) in [4.78, 5) is 0. The standard InChI is InChI=1S/C17H37NO/c1-3-5-6-7-8-9-10-11-12-13-14-17(18)15-16-19-4-2/h17H,3-16,18H2,1-2H3. The maximum Gasteiger partial charge on any atom is 0.0480 e. The highest BCUT2D eigenvalue weighted by Gasteiger charge is 2.01. The zero-order valence-corrected chi connectivity index (χ0v) is 13.5. The summed E-state index contributed by atoms with van der Waals surface area (Å²) < 4.78 is 5.32. The predicted octanol–water partition coefficient (Wildman–Crippen LogP) is 5.05. The van der Waals surface area contributed by atoms with Gasteiger partial charge in [0.15, 0.2) is 0 Å². The first-order chi connectivity index (χ1) is 9.31. The van der Waals surface area contributed by atoms with Crippen molar-refractivity contribution in [1.82, 2.24) is 0 Å². The summed E-state index contributed by atoms with van der Waals surface area (Å²) in [5.74, 6) is 0. The Labute approximate surface area is 121 Å². The molecule has 0 radical (unpaired) electrons. The number of hydrogen-bond donors (Lipinski definition) is 1. The molecule has 1 unspecified atom stereocenters. The Morgan fingerprint density at radius 2 is 1.26 bits per heavy atom. The smallest absolute Gasteiger partial charge is 0.0480 e. The van der Waals surface area contributed by atoms with Crippen LogP contribution in [-0.2, 0) is 4.74 Å². The normalized spacial score (nSPS) is 12.8. The first-order valence-corrected chi connectivity index (χ1v) is 8.64. The third-order valence-electron chi connectivity index (χ3n) is 3.77. The van der Waals surface area contributed by atoms with Crippen molar-refractivity contribution >= 4 is 0 Å². The maximum atomic E-state index is 6.04. The third kappa shape index (κ3) is 15.9. The Hall–Kier alpha value is -0.0800. The van der Waals surface area contributed by atoms with E-state index in [9.17, 15) is 0 Å². The van der Waals surface area contributed by atoms with Crippen molar-refractivity contribution in [1.29, 1.82) is 0 Å². The van der Waals surface area contributed by atoms with E-state index in [1.54, 1.807) is 0 Å². The fraction of sp³-hybridized carbons (Fsp3) is 1.00. The van der Waals surface area contributed by atoms with Crippen molar-refractivity contribution in [3.05, 3.63) is 0 Å². The van der Waals surface area contributed by atoms with Gasteiger partial charge in [-0.05, 0) is 19.8 Å². The molecular weight excluding hydrogens is 234 g/mol. The molecule has 2 nitrogen and oxygen atoms in total. The first-order valence-electron chi connectivity index (χ1n) is 8.64. The summed E-state index contributed by atoms with van der Waals surface area (Å²) in [5, 5.41) is 0. The number of hydrogen-bond acceptors (Lipinski definition) is 2. The van der Waals surface area contributed by atoms with Crippen LogP contribution in [0.1, 0.15) is 90.9 Å². The van der Waals surface area contributed by atoms with Gasteiger partial charge >= 0.3 is 0 Å². The van der Waals surface area contributed by atoms with Gasteiger partial charge in [0, 0.05) is 19.3 Å². The fourth-order valence-corrected chi connectivity index (χ4v) is 2.42. The van der Waals surface area contributed by atoms with E-state index in [1.807, 2.05) is 6.92 Å².